The average molecular weight is 573 g/mol. The van der Waals surface area contributed by atoms with Crippen molar-refractivity contribution in [2.45, 2.75) is 51.7 Å². The molecule has 222 valence electrons. The fraction of sp³-hybridized carbons (Fsp3) is 0.581. The van der Waals surface area contributed by atoms with E-state index in [1.165, 1.54) is 0 Å². The first-order valence-corrected chi connectivity index (χ1v) is 15.0. The van der Waals surface area contributed by atoms with Gasteiger partial charge in [0.2, 0.25) is 5.95 Å². The number of nitrogens with one attached hydrogen (secondary N) is 1. The Morgan fingerprint density at radius 2 is 1.81 bits per heavy atom. The van der Waals surface area contributed by atoms with Crippen molar-refractivity contribution in [2.75, 3.05) is 52.6 Å². The molecule has 2 N–H and O–H groups in total. The summed E-state index contributed by atoms with van der Waals surface area (Å²) in [5, 5.41) is 15.1. The van der Waals surface area contributed by atoms with Crippen LogP contribution in [0.25, 0.3) is 11.0 Å². The maximum Gasteiger partial charge on any atom is 0.270 e. The number of amides is 2. The minimum absolute atomic E-state index is 0.0463. The maximum atomic E-state index is 13.6. The van der Waals surface area contributed by atoms with E-state index in [4.69, 9.17) is 4.98 Å². The molecule has 0 aromatic carbocycles. The van der Waals surface area contributed by atoms with Gasteiger partial charge in [-0.1, -0.05) is 26.7 Å². The first kappa shape index (κ1) is 27.3. The predicted molar refractivity (Wildman–Crippen MR) is 159 cm³/mol. The Hall–Kier alpha value is -3.57. The molecule has 2 amide bonds. The number of piperidine rings is 1. The molecule has 4 atom stereocenters. The van der Waals surface area contributed by atoms with Gasteiger partial charge in [0, 0.05) is 80.3 Å². The van der Waals surface area contributed by atoms with E-state index in [0.29, 0.717) is 36.1 Å². The summed E-state index contributed by atoms with van der Waals surface area (Å²) in [4.78, 5) is 46.2. The molecule has 4 unspecified atom stereocenters. The highest BCUT2D eigenvalue weighted by Crippen LogP contribution is 2.76. The van der Waals surface area contributed by atoms with Gasteiger partial charge in [-0.3, -0.25) is 9.59 Å². The Morgan fingerprint density at radius 1 is 1.05 bits per heavy atom. The molecule has 11 nitrogen and oxygen atoms in total. The van der Waals surface area contributed by atoms with E-state index in [9.17, 15) is 14.7 Å². The highest BCUT2D eigenvalue weighted by atomic mass is 16.3. The highest BCUT2D eigenvalue weighted by Gasteiger charge is 2.84. The van der Waals surface area contributed by atoms with E-state index in [1.54, 1.807) is 43.5 Å². The number of likely N-dealkylation sites (tertiary alicyclic amines) is 2. The summed E-state index contributed by atoms with van der Waals surface area (Å²) >= 11 is 0. The van der Waals surface area contributed by atoms with Crippen LogP contribution in [0, 0.1) is 16.2 Å². The number of fused-ring (bicyclic) bond motifs is 1. The summed E-state index contributed by atoms with van der Waals surface area (Å²) in [6.45, 7) is 7.28. The number of aliphatic hydroxyl groups is 1. The Balaban J connectivity index is 1.11. The van der Waals surface area contributed by atoms with Gasteiger partial charge in [0.1, 0.15) is 17.2 Å². The summed E-state index contributed by atoms with van der Waals surface area (Å²) in [5.74, 6) is 0.808. The first-order valence-electron chi connectivity index (χ1n) is 15.0. The Morgan fingerprint density at radius 3 is 2.50 bits per heavy atom. The van der Waals surface area contributed by atoms with E-state index < -0.39 is 6.10 Å². The second-order valence-electron chi connectivity index (χ2n) is 13.8. The lowest BCUT2D eigenvalue weighted by molar-refractivity contribution is 0.0464. The molecule has 5 heterocycles. The number of pyridine rings is 1. The predicted octanol–water partition coefficient (Wildman–Crippen LogP) is 3.16. The summed E-state index contributed by atoms with van der Waals surface area (Å²) in [6, 6.07) is 5.67. The molecule has 42 heavy (non-hydrogen) atoms. The molecule has 2 aliphatic carbocycles. The van der Waals surface area contributed by atoms with Crippen LogP contribution in [-0.4, -0.2) is 105 Å². The maximum absolute atomic E-state index is 13.6. The van der Waals surface area contributed by atoms with Crippen molar-refractivity contribution in [1.29, 1.82) is 0 Å². The van der Waals surface area contributed by atoms with Crippen LogP contribution in [-0.2, 0) is 0 Å². The van der Waals surface area contributed by atoms with Crippen LogP contribution in [0.1, 0.15) is 66.4 Å². The van der Waals surface area contributed by atoms with Crippen LogP contribution in [0.3, 0.4) is 0 Å². The zero-order valence-electron chi connectivity index (χ0n) is 25.1. The molecule has 7 rings (SSSR count). The standard InChI is InChI=1S/C31H40N8O3/c1-29-15-37(5)17-30(2)27(42)31(29,30)18-38(16-29)25(40)19-10-11-23(32-13-19)34-28-33-14-20-12-22(26(41)36(3)4)39(24(20)35-28)21-8-6-7-9-21/h10-14,21,27,42H,6-9,15-18H2,1-5H3,(H,32,33,34,35). The molecule has 0 radical (unpaired) electrons. The number of rotatable bonds is 5. The first-order chi connectivity index (χ1) is 20.0. The van der Waals surface area contributed by atoms with Gasteiger partial charge in [-0.2, -0.15) is 4.98 Å². The fourth-order valence-corrected chi connectivity index (χ4v) is 8.79. The number of carbonyl (C=O) groups is 2. The molecule has 2 saturated carbocycles. The van der Waals surface area contributed by atoms with E-state index in [-0.39, 0.29) is 34.1 Å². The number of aromatic nitrogens is 4. The summed E-state index contributed by atoms with van der Waals surface area (Å²) in [7, 11) is 5.63. The van der Waals surface area contributed by atoms with Crippen molar-refractivity contribution in [3.63, 3.8) is 0 Å². The monoisotopic (exact) mass is 572 g/mol. The third kappa shape index (κ3) is 3.75. The lowest BCUT2D eigenvalue weighted by Gasteiger charge is -2.42. The molecule has 3 aromatic rings. The van der Waals surface area contributed by atoms with Gasteiger partial charge in [0.15, 0.2) is 0 Å². The third-order valence-corrected chi connectivity index (χ3v) is 10.7. The molecule has 4 fully saturated rings. The van der Waals surface area contributed by atoms with Gasteiger partial charge < -0.3 is 29.7 Å². The van der Waals surface area contributed by atoms with Crippen molar-refractivity contribution < 1.29 is 14.7 Å². The van der Waals surface area contributed by atoms with Crippen LogP contribution in [0.2, 0.25) is 0 Å². The minimum atomic E-state index is -0.397. The van der Waals surface area contributed by atoms with E-state index in [1.807, 2.05) is 11.0 Å². The average Bonchev–Trinajstić information content (AvgIpc) is 3.49. The largest absolute Gasteiger partial charge is 0.392 e. The molecular weight excluding hydrogens is 532 g/mol. The van der Waals surface area contributed by atoms with Crippen molar-refractivity contribution >= 4 is 34.6 Å². The van der Waals surface area contributed by atoms with Crippen molar-refractivity contribution in [1.82, 2.24) is 34.2 Å². The zero-order valence-corrected chi connectivity index (χ0v) is 25.1. The van der Waals surface area contributed by atoms with Crippen molar-refractivity contribution in [3.8, 4) is 0 Å². The van der Waals surface area contributed by atoms with Crippen LogP contribution in [0.15, 0.2) is 30.6 Å². The molecule has 4 aliphatic rings. The molecule has 11 heteroatoms. The number of anilines is 2. The smallest absolute Gasteiger partial charge is 0.270 e. The van der Waals surface area contributed by atoms with Gasteiger partial charge in [-0.15, -0.1) is 0 Å². The van der Waals surface area contributed by atoms with Gasteiger partial charge in [0.25, 0.3) is 11.8 Å². The summed E-state index contributed by atoms with van der Waals surface area (Å²) in [6.07, 6.45) is 7.26. The van der Waals surface area contributed by atoms with Gasteiger partial charge in [-0.25, -0.2) is 9.97 Å². The van der Waals surface area contributed by atoms with Crippen molar-refractivity contribution in [3.05, 3.63) is 41.9 Å². The molecule has 1 spiro atoms. The lowest BCUT2D eigenvalue weighted by Crippen LogP contribution is -2.49. The van der Waals surface area contributed by atoms with Crippen LogP contribution >= 0.6 is 0 Å². The van der Waals surface area contributed by atoms with Crippen LogP contribution in [0.5, 0.6) is 0 Å². The molecule has 3 aromatic heterocycles. The Bertz CT molecular complexity index is 1580. The van der Waals surface area contributed by atoms with E-state index in [2.05, 4.69) is 45.6 Å². The Labute approximate surface area is 245 Å². The van der Waals surface area contributed by atoms with E-state index >= 15 is 0 Å². The number of carbonyl (C=O) groups excluding carboxylic acids is 2. The number of nitrogens with zero attached hydrogens (tertiary/aromatic N) is 7. The topological polar surface area (TPSA) is 120 Å². The second kappa shape index (κ2) is 9.21. The van der Waals surface area contributed by atoms with Crippen molar-refractivity contribution in [2.24, 2.45) is 16.2 Å². The lowest BCUT2D eigenvalue weighted by atomic mass is 9.69. The minimum Gasteiger partial charge on any atom is -0.392 e. The molecule has 2 saturated heterocycles. The number of aliphatic hydroxyl groups excluding tert-OH is 1. The quantitative estimate of drug-likeness (QED) is 0.479. The highest BCUT2D eigenvalue weighted by molar-refractivity contribution is 5.98. The van der Waals surface area contributed by atoms with Gasteiger partial charge in [-0.05, 0) is 38.1 Å². The Kier molecular flexibility index (Phi) is 5.98. The van der Waals surface area contributed by atoms with Gasteiger partial charge >= 0.3 is 0 Å². The second-order valence-corrected chi connectivity index (χ2v) is 13.8. The molecular formula is C31H40N8O3. The summed E-state index contributed by atoms with van der Waals surface area (Å²) in [5.41, 5.74) is 1.30. The van der Waals surface area contributed by atoms with Crippen LogP contribution in [0.4, 0.5) is 11.8 Å². The normalized spacial score (nSPS) is 30.8. The van der Waals surface area contributed by atoms with Gasteiger partial charge in [0.05, 0.1) is 11.7 Å². The summed E-state index contributed by atoms with van der Waals surface area (Å²) < 4.78 is 2.08. The SMILES string of the molecule is CN1CC2(C)CN(C(=O)c3ccc(Nc4ncc5cc(C(=O)N(C)C)n(C6CCCC6)c5n4)nc3)CC23C(O)C3(C)C1. The third-order valence-electron chi connectivity index (χ3n) is 10.7. The number of hydrogen-bond donors (Lipinski definition) is 2. The zero-order chi connectivity index (χ0) is 29.6. The molecule has 0 bridgehead atoms. The van der Waals surface area contributed by atoms with Crippen LogP contribution < -0.4 is 5.32 Å². The fourth-order valence-electron chi connectivity index (χ4n) is 8.79. The van der Waals surface area contributed by atoms with E-state index in [0.717, 1.165) is 49.8 Å². The number of hydrogen-bond acceptors (Lipinski definition) is 8. The molecule has 2 aliphatic heterocycles.